The first kappa shape index (κ1) is 17.0. The molecule has 2 aliphatic carbocycles. The maximum absolute atomic E-state index is 12.0. The lowest BCUT2D eigenvalue weighted by atomic mass is 9.67. The number of fused-ring (bicyclic) bond motifs is 2. The summed E-state index contributed by atoms with van der Waals surface area (Å²) in [6, 6.07) is -0.787. The number of nitrogens with one attached hydrogen (secondary N) is 2. The highest BCUT2D eigenvalue weighted by molar-refractivity contribution is 5.86. The van der Waals surface area contributed by atoms with E-state index in [9.17, 15) is 9.59 Å². The van der Waals surface area contributed by atoms with Crippen LogP contribution in [0.5, 0.6) is 0 Å². The van der Waals surface area contributed by atoms with E-state index in [-0.39, 0.29) is 30.4 Å². The number of halogens is 1. The van der Waals surface area contributed by atoms with Crippen LogP contribution in [-0.2, 0) is 4.79 Å². The average Bonchev–Trinajstić information content (AvgIpc) is 2.29. The Morgan fingerprint density at radius 2 is 1.75 bits per heavy atom. The van der Waals surface area contributed by atoms with E-state index in [4.69, 9.17) is 11.5 Å². The molecule has 0 radical (unpaired) electrons. The Labute approximate surface area is 125 Å². The van der Waals surface area contributed by atoms with Crippen LogP contribution in [0.4, 0.5) is 4.79 Å². The van der Waals surface area contributed by atoms with Gasteiger partial charge in [0, 0.05) is 12.1 Å². The lowest BCUT2D eigenvalue weighted by Crippen LogP contribution is -2.57. The third-order valence-electron chi connectivity index (χ3n) is 4.44. The summed E-state index contributed by atoms with van der Waals surface area (Å²) in [5, 5.41) is 5.49. The standard InChI is InChI=1S/C13H24N4O2.ClH/c1-7(16-13(15)19)12(18)17-11-8-3-2-4-9(11)6-10(14)5-8;/h7-11H,2-6,14H2,1H3,(H,17,18)(H3,15,16,19);1H. The van der Waals surface area contributed by atoms with Gasteiger partial charge in [0.2, 0.25) is 5.91 Å². The molecule has 0 aromatic rings. The second-order valence-electron chi connectivity index (χ2n) is 5.95. The fourth-order valence-corrected chi connectivity index (χ4v) is 3.59. The highest BCUT2D eigenvalue weighted by Crippen LogP contribution is 2.39. The Bertz CT molecular complexity index is 352. The molecule has 2 aliphatic rings. The molecule has 0 spiro atoms. The van der Waals surface area contributed by atoms with Gasteiger partial charge in [-0.3, -0.25) is 4.79 Å². The van der Waals surface area contributed by atoms with Crippen molar-refractivity contribution in [3.05, 3.63) is 0 Å². The fourth-order valence-electron chi connectivity index (χ4n) is 3.59. The molecule has 3 atom stereocenters. The van der Waals surface area contributed by atoms with Crippen LogP contribution in [-0.4, -0.2) is 30.1 Å². The minimum atomic E-state index is -0.673. The highest BCUT2D eigenvalue weighted by Gasteiger charge is 2.40. The first-order chi connectivity index (χ1) is 8.97. The number of carbonyl (C=O) groups excluding carboxylic acids is 2. The molecule has 0 heterocycles. The van der Waals surface area contributed by atoms with Gasteiger partial charge in [-0.05, 0) is 44.4 Å². The molecule has 0 saturated heterocycles. The lowest BCUT2D eigenvalue weighted by Gasteiger charge is -2.45. The molecule has 116 valence electrons. The molecule has 0 aliphatic heterocycles. The van der Waals surface area contributed by atoms with Gasteiger partial charge in [0.1, 0.15) is 6.04 Å². The van der Waals surface area contributed by atoms with E-state index in [1.807, 2.05) is 0 Å². The Morgan fingerprint density at radius 1 is 1.20 bits per heavy atom. The van der Waals surface area contributed by atoms with Crippen LogP contribution in [0, 0.1) is 11.8 Å². The van der Waals surface area contributed by atoms with E-state index in [2.05, 4.69) is 10.6 Å². The normalized spacial score (nSPS) is 33.5. The average molecular weight is 305 g/mol. The molecule has 6 N–H and O–H groups in total. The molecule has 2 bridgehead atoms. The van der Waals surface area contributed by atoms with E-state index in [0.717, 1.165) is 25.7 Å². The van der Waals surface area contributed by atoms with Crippen LogP contribution in [0.25, 0.3) is 0 Å². The van der Waals surface area contributed by atoms with E-state index >= 15 is 0 Å². The van der Waals surface area contributed by atoms with Gasteiger partial charge in [-0.2, -0.15) is 0 Å². The summed E-state index contributed by atoms with van der Waals surface area (Å²) in [4.78, 5) is 22.8. The van der Waals surface area contributed by atoms with Crippen molar-refractivity contribution in [2.45, 2.75) is 57.2 Å². The first-order valence-electron chi connectivity index (χ1n) is 7.09. The number of primary amides is 1. The molecule has 2 fully saturated rings. The predicted octanol–water partition coefficient (Wildman–Crippen LogP) is 0.487. The van der Waals surface area contributed by atoms with Crippen LogP contribution in [0.2, 0.25) is 0 Å². The zero-order valence-electron chi connectivity index (χ0n) is 11.8. The number of hydrogen-bond donors (Lipinski definition) is 4. The van der Waals surface area contributed by atoms with Gasteiger partial charge in [-0.15, -0.1) is 12.4 Å². The predicted molar refractivity (Wildman–Crippen MR) is 79.4 cm³/mol. The number of hydrogen-bond acceptors (Lipinski definition) is 3. The van der Waals surface area contributed by atoms with Gasteiger partial charge in [0.05, 0.1) is 0 Å². The molecule has 2 saturated carbocycles. The number of nitrogens with two attached hydrogens (primary N) is 2. The maximum Gasteiger partial charge on any atom is 0.312 e. The zero-order valence-corrected chi connectivity index (χ0v) is 12.6. The third-order valence-corrected chi connectivity index (χ3v) is 4.44. The Hall–Kier alpha value is -1.01. The minimum absolute atomic E-state index is 0. The number of urea groups is 1. The van der Waals surface area contributed by atoms with Crippen molar-refractivity contribution in [2.24, 2.45) is 23.3 Å². The maximum atomic E-state index is 12.0. The summed E-state index contributed by atoms with van der Waals surface area (Å²) >= 11 is 0. The second kappa shape index (κ2) is 7.13. The van der Waals surface area contributed by atoms with Gasteiger partial charge < -0.3 is 22.1 Å². The van der Waals surface area contributed by atoms with Crippen LogP contribution in [0.15, 0.2) is 0 Å². The number of carbonyl (C=O) groups is 2. The monoisotopic (exact) mass is 304 g/mol. The highest BCUT2D eigenvalue weighted by atomic mass is 35.5. The quantitative estimate of drug-likeness (QED) is 0.609. The van der Waals surface area contributed by atoms with Crippen LogP contribution < -0.4 is 22.1 Å². The molecule has 3 amide bonds. The van der Waals surface area contributed by atoms with E-state index in [1.54, 1.807) is 6.92 Å². The van der Waals surface area contributed by atoms with Crippen molar-refractivity contribution < 1.29 is 9.59 Å². The van der Waals surface area contributed by atoms with Gasteiger partial charge in [-0.1, -0.05) is 6.42 Å². The van der Waals surface area contributed by atoms with E-state index in [1.165, 1.54) is 6.42 Å². The van der Waals surface area contributed by atoms with Crippen molar-refractivity contribution in [3.8, 4) is 0 Å². The molecule has 0 aromatic carbocycles. The van der Waals surface area contributed by atoms with Gasteiger partial charge in [0.15, 0.2) is 0 Å². The van der Waals surface area contributed by atoms with Crippen LogP contribution in [0.1, 0.15) is 39.0 Å². The van der Waals surface area contributed by atoms with Gasteiger partial charge in [-0.25, -0.2) is 4.79 Å². The lowest BCUT2D eigenvalue weighted by molar-refractivity contribution is -0.124. The summed E-state index contributed by atoms with van der Waals surface area (Å²) in [5.41, 5.74) is 11.1. The molecule has 20 heavy (non-hydrogen) atoms. The SMILES string of the molecule is CC(NC(N)=O)C(=O)NC1C2CCCC1CC(N)C2.Cl. The van der Waals surface area contributed by atoms with Crippen molar-refractivity contribution in [1.29, 1.82) is 0 Å². The summed E-state index contributed by atoms with van der Waals surface area (Å²) in [7, 11) is 0. The second-order valence-corrected chi connectivity index (χ2v) is 5.95. The van der Waals surface area contributed by atoms with E-state index < -0.39 is 12.1 Å². The van der Waals surface area contributed by atoms with Crippen molar-refractivity contribution in [1.82, 2.24) is 10.6 Å². The summed E-state index contributed by atoms with van der Waals surface area (Å²) < 4.78 is 0. The first-order valence-corrected chi connectivity index (χ1v) is 7.09. The fraction of sp³-hybridized carbons (Fsp3) is 0.846. The molecule has 2 rings (SSSR count). The Morgan fingerprint density at radius 3 is 2.25 bits per heavy atom. The smallest absolute Gasteiger partial charge is 0.312 e. The van der Waals surface area contributed by atoms with E-state index in [0.29, 0.717) is 11.8 Å². The molecule has 0 aromatic heterocycles. The minimum Gasteiger partial charge on any atom is -0.352 e. The summed E-state index contributed by atoms with van der Waals surface area (Å²) in [5.74, 6) is 0.802. The van der Waals surface area contributed by atoms with Crippen LogP contribution >= 0.6 is 12.4 Å². The number of rotatable bonds is 3. The van der Waals surface area contributed by atoms with Crippen LogP contribution in [0.3, 0.4) is 0 Å². The molecule has 6 nitrogen and oxygen atoms in total. The van der Waals surface area contributed by atoms with Crippen molar-refractivity contribution in [3.63, 3.8) is 0 Å². The number of amides is 3. The van der Waals surface area contributed by atoms with Crippen molar-refractivity contribution >= 4 is 24.3 Å². The largest absolute Gasteiger partial charge is 0.352 e. The Kier molecular flexibility index (Phi) is 6.07. The van der Waals surface area contributed by atoms with Gasteiger partial charge in [0.25, 0.3) is 0 Å². The summed E-state index contributed by atoms with van der Waals surface area (Å²) in [6.07, 6.45) is 5.46. The third kappa shape index (κ3) is 3.99. The summed E-state index contributed by atoms with van der Waals surface area (Å²) in [6.45, 7) is 1.64. The van der Waals surface area contributed by atoms with Gasteiger partial charge >= 0.3 is 6.03 Å². The Balaban J connectivity index is 0.00000200. The van der Waals surface area contributed by atoms with Crippen molar-refractivity contribution in [2.75, 3.05) is 0 Å². The molecular formula is C13H25ClN4O2. The zero-order chi connectivity index (χ0) is 14.0. The topological polar surface area (TPSA) is 110 Å². The molecule has 3 unspecified atom stereocenters. The molecule has 7 heteroatoms. The molecular weight excluding hydrogens is 280 g/mol.